The second kappa shape index (κ2) is 15.4. The van der Waals surface area contributed by atoms with E-state index in [1.165, 1.54) is 0 Å². The molecule has 7 rings (SSSR count). The smallest absolute Gasteiger partial charge is 0.247 e. The molecule has 2 saturated heterocycles. The number of hydrogen-bond acceptors (Lipinski definition) is 8. The highest BCUT2D eigenvalue weighted by Gasteiger charge is 2.42. The number of benzene rings is 2. The Kier molecular flexibility index (Phi) is 10.5. The largest absolute Gasteiger partial charge is 0.436 e. The second-order valence-electron chi connectivity index (χ2n) is 14.6. The number of hydrogen-bond donors (Lipinski definition) is 4. The van der Waals surface area contributed by atoms with Crippen molar-refractivity contribution in [3.63, 3.8) is 0 Å². The Bertz CT molecular complexity index is 1590. The van der Waals surface area contributed by atoms with Gasteiger partial charge in [-0.05, 0) is 74.2 Å². The van der Waals surface area contributed by atoms with Crippen LogP contribution in [0.25, 0.3) is 22.8 Å². The van der Waals surface area contributed by atoms with Crippen LogP contribution in [0, 0.1) is 11.8 Å². The van der Waals surface area contributed by atoms with Gasteiger partial charge in [0.15, 0.2) is 5.76 Å². The summed E-state index contributed by atoms with van der Waals surface area (Å²) < 4.78 is 6.05. The third-order valence-electron chi connectivity index (χ3n) is 11.0. The van der Waals surface area contributed by atoms with Gasteiger partial charge in [0, 0.05) is 60.3 Å². The molecule has 4 aliphatic rings. The van der Waals surface area contributed by atoms with E-state index in [1.54, 1.807) is 52.4 Å². The number of nitrogens with one attached hydrogen (secondary N) is 2. The molecule has 2 saturated carbocycles. The van der Waals surface area contributed by atoms with Gasteiger partial charge in [0.2, 0.25) is 29.5 Å². The Hall–Kier alpha value is -4.55. The fourth-order valence-electron chi connectivity index (χ4n) is 8.19. The van der Waals surface area contributed by atoms with Crippen LogP contribution in [0.4, 0.5) is 11.4 Å². The number of carbonyl (C=O) groups is 4. The number of anilines is 2. The molecule has 4 N–H and O–H groups in total. The molecule has 51 heavy (non-hydrogen) atoms. The molecule has 12 nitrogen and oxygen atoms in total. The van der Waals surface area contributed by atoms with E-state index >= 15 is 0 Å². The van der Waals surface area contributed by atoms with Crippen LogP contribution in [0.3, 0.4) is 0 Å². The Labute approximate surface area is 297 Å². The van der Waals surface area contributed by atoms with Crippen molar-refractivity contribution in [1.29, 1.82) is 0 Å². The van der Waals surface area contributed by atoms with Gasteiger partial charge in [-0.15, -0.1) is 0 Å². The van der Waals surface area contributed by atoms with E-state index in [0.717, 1.165) is 69.8 Å². The lowest BCUT2D eigenvalue weighted by Crippen LogP contribution is -2.46. The number of aliphatic hydroxyl groups excluding tert-OH is 2. The van der Waals surface area contributed by atoms with Crippen LogP contribution in [-0.4, -0.2) is 86.0 Å². The topological polar surface area (TPSA) is 165 Å². The summed E-state index contributed by atoms with van der Waals surface area (Å²) in [7, 11) is 0. The lowest BCUT2D eigenvalue weighted by Gasteiger charge is -2.29. The van der Waals surface area contributed by atoms with Gasteiger partial charge in [-0.1, -0.05) is 38.5 Å². The molecule has 2 aliphatic heterocycles. The third-order valence-corrected chi connectivity index (χ3v) is 11.0. The Morgan fingerprint density at radius 2 is 1.06 bits per heavy atom. The molecule has 4 amide bonds. The molecule has 12 heteroatoms. The van der Waals surface area contributed by atoms with Crippen LogP contribution in [0.2, 0.25) is 0 Å². The summed E-state index contributed by atoms with van der Waals surface area (Å²) in [5, 5.41) is 26.4. The maximum absolute atomic E-state index is 13.2. The average Bonchev–Trinajstić information content (AvgIpc) is 3.91. The molecule has 0 spiro atoms. The van der Waals surface area contributed by atoms with Gasteiger partial charge in [-0.3, -0.25) is 19.2 Å². The zero-order valence-electron chi connectivity index (χ0n) is 28.8. The van der Waals surface area contributed by atoms with Crippen LogP contribution in [0.15, 0.2) is 59.1 Å². The highest BCUT2D eigenvalue weighted by Crippen LogP contribution is 2.32. The number of amides is 4. The number of likely N-dealkylation sites (tertiary alicyclic amines) is 2. The minimum Gasteiger partial charge on any atom is -0.436 e. The summed E-state index contributed by atoms with van der Waals surface area (Å²) in [6, 6.07) is 12.8. The maximum atomic E-state index is 13.2. The number of aromatic nitrogens is 1. The molecular formula is C39H47N5O7. The minimum absolute atomic E-state index is 0.0267. The van der Waals surface area contributed by atoms with Crippen LogP contribution in [-0.2, 0) is 19.2 Å². The van der Waals surface area contributed by atoms with E-state index < -0.39 is 24.3 Å². The van der Waals surface area contributed by atoms with Gasteiger partial charge >= 0.3 is 0 Å². The van der Waals surface area contributed by atoms with Crippen LogP contribution in [0.5, 0.6) is 0 Å². The highest BCUT2D eigenvalue weighted by atomic mass is 16.4. The quantitative estimate of drug-likeness (QED) is 0.256. The first-order valence-corrected chi connectivity index (χ1v) is 18.5. The Morgan fingerprint density at radius 3 is 1.51 bits per heavy atom. The van der Waals surface area contributed by atoms with E-state index in [1.807, 2.05) is 12.1 Å². The van der Waals surface area contributed by atoms with Crippen LogP contribution in [0.1, 0.15) is 77.0 Å². The Morgan fingerprint density at radius 1 is 0.627 bits per heavy atom. The fraction of sp³-hybridized carbons (Fsp3) is 0.513. The summed E-state index contributed by atoms with van der Waals surface area (Å²) in [5.41, 5.74) is 2.60. The Balaban J connectivity index is 0.944. The number of β-amino-alcohol motifs (C(OH)–C–C–N with tert-alkyl or cyclic N) is 2. The van der Waals surface area contributed by atoms with E-state index in [4.69, 9.17) is 4.42 Å². The predicted molar refractivity (Wildman–Crippen MR) is 190 cm³/mol. The van der Waals surface area contributed by atoms with E-state index in [9.17, 15) is 29.4 Å². The summed E-state index contributed by atoms with van der Waals surface area (Å²) in [5.74, 6) is 0.105. The standard InChI is InChI=1S/C39H47N5O7/c45-30-19-32(43(22-30)38(49)26-7-3-1-4-8-26)35(47)41-28-15-11-24(12-16-28)34-21-40-37(51-34)25-13-17-29(18-14-25)42-36(48)33-20-31(46)23-44(33)39(50)27-9-5-2-6-10-27/h11-18,21,26-27,30-33,45-46H,1-10,19-20,22-23H2,(H,41,47)(H,42,48). The molecule has 2 aromatic carbocycles. The van der Waals surface area contributed by atoms with Crippen LogP contribution >= 0.6 is 0 Å². The molecular weight excluding hydrogens is 650 g/mol. The third kappa shape index (κ3) is 7.86. The molecule has 2 aliphatic carbocycles. The molecule has 4 unspecified atom stereocenters. The van der Waals surface area contributed by atoms with Crippen molar-refractivity contribution in [2.45, 2.75) is 101 Å². The van der Waals surface area contributed by atoms with Crippen LogP contribution < -0.4 is 10.6 Å². The SMILES string of the molecule is O=C(Nc1ccc(-c2cnc(-c3ccc(NC(=O)C4CC(O)CN4C(=O)C4CCCCC4)cc3)o2)cc1)C1CC(O)CN1C(=O)C1CCCCC1. The van der Waals surface area contributed by atoms with Gasteiger partial charge in [0.25, 0.3) is 0 Å². The number of nitrogens with zero attached hydrogens (tertiary/aromatic N) is 3. The summed E-state index contributed by atoms with van der Waals surface area (Å²) in [6.45, 7) is 0.368. The summed E-state index contributed by atoms with van der Waals surface area (Å²) >= 11 is 0. The normalized spacial score (nSPS) is 24.4. The minimum atomic E-state index is -0.717. The molecule has 1 aromatic heterocycles. The number of carbonyl (C=O) groups excluding carboxylic acids is 4. The molecule has 270 valence electrons. The lowest BCUT2D eigenvalue weighted by molar-refractivity contribution is -0.141. The average molecular weight is 698 g/mol. The summed E-state index contributed by atoms with van der Waals surface area (Å²) in [6.07, 6.45) is 10.3. The lowest BCUT2D eigenvalue weighted by atomic mass is 9.88. The van der Waals surface area contributed by atoms with Gasteiger partial charge in [-0.2, -0.15) is 0 Å². The van der Waals surface area contributed by atoms with Gasteiger partial charge in [0.05, 0.1) is 18.4 Å². The van der Waals surface area contributed by atoms with Gasteiger partial charge in [-0.25, -0.2) is 4.98 Å². The molecule has 0 bridgehead atoms. The zero-order valence-corrected chi connectivity index (χ0v) is 28.8. The fourth-order valence-corrected chi connectivity index (χ4v) is 8.19. The first-order chi connectivity index (χ1) is 24.7. The molecule has 3 aromatic rings. The van der Waals surface area contributed by atoms with Crippen molar-refractivity contribution in [2.75, 3.05) is 23.7 Å². The number of rotatable bonds is 8. The number of aliphatic hydroxyl groups is 2. The molecule has 4 atom stereocenters. The second-order valence-corrected chi connectivity index (χ2v) is 14.6. The predicted octanol–water partition coefficient (Wildman–Crippen LogP) is 4.97. The number of oxazole rings is 1. The zero-order chi connectivity index (χ0) is 35.5. The van der Waals surface area contributed by atoms with E-state index in [-0.39, 0.29) is 61.4 Å². The van der Waals surface area contributed by atoms with Crippen molar-refractivity contribution in [3.8, 4) is 22.8 Å². The van der Waals surface area contributed by atoms with E-state index in [2.05, 4.69) is 15.6 Å². The first-order valence-electron chi connectivity index (χ1n) is 18.5. The van der Waals surface area contributed by atoms with Gasteiger partial charge < -0.3 is 35.1 Å². The maximum Gasteiger partial charge on any atom is 0.247 e. The van der Waals surface area contributed by atoms with Crippen molar-refractivity contribution >= 4 is 35.0 Å². The molecule has 0 radical (unpaired) electrons. The molecule has 3 heterocycles. The van der Waals surface area contributed by atoms with E-state index in [0.29, 0.717) is 28.6 Å². The van der Waals surface area contributed by atoms with Crippen molar-refractivity contribution in [1.82, 2.24) is 14.8 Å². The van der Waals surface area contributed by atoms with Crippen molar-refractivity contribution < 1.29 is 33.8 Å². The first kappa shape index (κ1) is 34.9. The monoisotopic (exact) mass is 697 g/mol. The van der Waals surface area contributed by atoms with Gasteiger partial charge in [0.1, 0.15) is 12.1 Å². The highest BCUT2D eigenvalue weighted by molar-refractivity contribution is 5.99. The molecule has 4 fully saturated rings. The van der Waals surface area contributed by atoms with Crippen molar-refractivity contribution in [3.05, 3.63) is 54.7 Å². The summed E-state index contributed by atoms with van der Waals surface area (Å²) in [4.78, 5) is 60.4. The van der Waals surface area contributed by atoms with Crippen molar-refractivity contribution in [2.24, 2.45) is 11.8 Å².